The minimum atomic E-state index is -0.549. The number of phenols is 2. The summed E-state index contributed by atoms with van der Waals surface area (Å²) in [6.07, 6.45) is 3.10. The van der Waals surface area contributed by atoms with Gasteiger partial charge in [0.25, 0.3) is 5.95 Å². The van der Waals surface area contributed by atoms with Gasteiger partial charge in [0.05, 0.1) is 23.6 Å². The summed E-state index contributed by atoms with van der Waals surface area (Å²) in [6, 6.07) is 9.02. The molecule has 2 aromatic carbocycles. The van der Waals surface area contributed by atoms with Gasteiger partial charge in [-0.2, -0.15) is 14.9 Å². The van der Waals surface area contributed by atoms with E-state index in [2.05, 4.69) is 25.8 Å². The first-order valence-corrected chi connectivity index (χ1v) is 11.6. The first kappa shape index (κ1) is 24.4. The lowest BCUT2D eigenvalue weighted by molar-refractivity contribution is 0.471. The topological polar surface area (TPSA) is 168 Å². The van der Waals surface area contributed by atoms with Crippen molar-refractivity contribution in [3.63, 3.8) is 0 Å². The van der Waals surface area contributed by atoms with Crippen molar-refractivity contribution in [1.82, 2.24) is 14.9 Å². The van der Waals surface area contributed by atoms with Gasteiger partial charge in [-0.3, -0.25) is 0 Å². The second-order valence-electron chi connectivity index (χ2n) is 8.47. The Morgan fingerprint density at radius 3 is 2.00 bits per heavy atom. The summed E-state index contributed by atoms with van der Waals surface area (Å²) >= 11 is 0. The normalized spacial score (nSPS) is 11.9. The molecule has 3 heterocycles. The molecule has 12 heteroatoms. The predicted octanol–water partition coefficient (Wildman–Crippen LogP) is 3.41. The molecule has 0 aliphatic carbocycles. The molecule has 0 spiro atoms. The number of aromatic hydroxyl groups is 2. The summed E-state index contributed by atoms with van der Waals surface area (Å²) in [7, 11) is 0. The molecule has 0 bridgehead atoms. The van der Waals surface area contributed by atoms with Gasteiger partial charge in [0.15, 0.2) is 17.0 Å². The zero-order valence-corrected chi connectivity index (χ0v) is 20.6. The van der Waals surface area contributed by atoms with Crippen LogP contribution in [0.25, 0.3) is 21.9 Å². The van der Waals surface area contributed by atoms with Crippen molar-refractivity contribution < 1.29 is 19.0 Å². The number of nitrogens with one attached hydrogen (secondary N) is 1. The van der Waals surface area contributed by atoms with E-state index in [1.807, 2.05) is 6.92 Å². The van der Waals surface area contributed by atoms with Gasteiger partial charge in [0, 0.05) is 29.3 Å². The van der Waals surface area contributed by atoms with E-state index >= 15 is 0 Å². The van der Waals surface area contributed by atoms with Crippen molar-refractivity contribution in [3.05, 3.63) is 85.3 Å². The van der Waals surface area contributed by atoms with Crippen LogP contribution in [-0.4, -0.2) is 37.5 Å². The van der Waals surface area contributed by atoms with Crippen LogP contribution in [-0.2, 0) is 6.42 Å². The first-order valence-electron chi connectivity index (χ1n) is 11.6. The standard InChI is InChI=1S/C26H22N6O6/c1-4-21-29-31-26(30-27-11-17-19(33)7-5-15-13(2)9-22(35)37-24(15)17)32(21)28-12-18-20(34)8-6-16-14(3)10-23(36)38-25(16)18/h5-12,33-34H,4H2,1-3H3,(H,30,31)/b27-11+,28-12+. The van der Waals surface area contributed by atoms with E-state index in [1.165, 1.54) is 41.4 Å². The Labute approximate surface area is 214 Å². The fraction of sp³-hybridized carbons (Fsp3) is 0.154. The van der Waals surface area contributed by atoms with Crippen LogP contribution in [0.4, 0.5) is 5.95 Å². The molecule has 5 rings (SSSR count). The van der Waals surface area contributed by atoms with Gasteiger partial charge in [-0.25, -0.2) is 15.0 Å². The molecule has 12 nitrogen and oxygen atoms in total. The molecule has 3 aromatic heterocycles. The summed E-state index contributed by atoms with van der Waals surface area (Å²) in [5.41, 5.74) is 3.82. The number of benzene rings is 2. The lowest BCUT2D eigenvalue weighted by Gasteiger charge is -2.07. The summed E-state index contributed by atoms with van der Waals surface area (Å²) < 4.78 is 12.0. The smallest absolute Gasteiger partial charge is 0.336 e. The molecule has 5 aromatic rings. The van der Waals surface area contributed by atoms with Gasteiger partial charge in [0.2, 0.25) is 0 Å². The second kappa shape index (κ2) is 9.65. The van der Waals surface area contributed by atoms with Crippen molar-refractivity contribution in [1.29, 1.82) is 0 Å². The van der Waals surface area contributed by atoms with Crippen LogP contribution in [0.2, 0.25) is 0 Å². The molecule has 38 heavy (non-hydrogen) atoms. The number of nitrogens with zero attached hydrogens (tertiary/aromatic N) is 5. The quantitative estimate of drug-likeness (QED) is 0.175. The van der Waals surface area contributed by atoms with E-state index in [0.29, 0.717) is 34.1 Å². The van der Waals surface area contributed by atoms with Crippen LogP contribution in [0.15, 0.2) is 65.0 Å². The zero-order valence-electron chi connectivity index (χ0n) is 20.6. The van der Waals surface area contributed by atoms with Gasteiger partial charge in [-0.05, 0) is 49.2 Å². The Kier molecular flexibility index (Phi) is 6.21. The van der Waals surface area contributed by atoms with E-state index in [9.17, 15) is 19.8 Å². The Balaban J connectivity index is 1.52. The number of anilines is 1. The zero-order chi connectivity index (χ0) is 27.0. The van der Waals surface area contributed by atoms with Crippen molar-refractivity contribution in [2.75, 3.05) is 5.43 Å². The number of hydrogen-bond donors (Lipinski definition) is 3. The number of fused-ring (bicyclic) bond motifs is 2. The van der Waals surface area contributed by atoms with Crippen LogP contribution in [0.5, 0.6) is 11.5 Å². The summed E-state index contributed by atoms with van der Waals surface area (Å²) in [6.45, 7) is 5.40. The Morgan fingerprint density at radius 1 is 0.895 bits per heavy atom. The minimum Gasteiger partial charge on any atom is -0.507 e. The molecule has 0 unspecified atom stereocenters. The molecule has 0 atom stereocenters. The number of hydrazone groups is 1. The number of aryl methyl sites for hydroxylation is 3. The third-order valence-corrected chi connectivity index (χ3v) is 5.95. The van der Waals surface area contributed by atoms with E-state index in [0.717, 1.165) is 0 Å². The molecule has 192 valence electrons. The minimum absolute atomic E-state index is 0.128. The average molecular weight is 514 g/mol. The van der Waals surface area contributed by atoms with Gasteiger partial charge < -0.3 is 19.0 Å². The number of rotatable bonds is 6. The molecule has 0 aliphatic heterocycles. The predicted molar refractivity (Wildman–Crippen MR) is 141 cm³/mol. The van der Waals surface area contributed by atoms with E-state index in [4.69, 9.17) is 8.83 Å². The second-order valence-corrected chi connectivity index (χ2v) is 8.47. The maximum Gasteiger partial charge on any atom is 0.336 e. The molecular formula is C26H22N6O6. The maximum atomic E-state index is 11.9. The third-order valence-electron chi connectivity index (χ3n) is 5.95. The van der Waals surface area contributed by atoms with Crippen molar-refractivity contribution >= 4 is 40.3 Å². The number of aromatic nitrogens is 3. The highest BCUT2D eigenvalue weighted by atomic mass is 16.4. The number of phenolic OH excluding ortho intramolecular Hbond substituents is 2. The van der Waals surface area contributed by atoms with Crippen LogP contribution in [0.3, 0.4) is 0 Å². The average Bonchev–Trinajstić information content (AvgIpc) is 3.26. The molecule has 0 saturated heterocycles. The van der Waals surface area contributed by atoms with Crippen molar-refractivity contribution in [2.24, 2.45) is 10.2 Å². The van der Waals surface area contributed by atoms with E-state index < -0.39 is 11.3 Å². The Hall–Kier alpha value is -5.26. The highest BCUT2D eigenvalue weighted by Crippen LogP contribution is 2.28. The summed E-state index contributed by atoms with van der Waals surface area (Å²) in [5, 5.41) is 38.8. The first-order chi connectivity index (χ1) is 18.3. The van der Waals surface area contributed by atoms with E-state index in [1.54, 1.807) is 26.0 Å². The molecule has 0 fully saturated rings. The van der Waals surface area contributed by atoms with Crippen molar-refractivity contribution in [2.45, 2.75) is 27.2 Å². The molecule has 3 N–H and O–H groups in total. The molecular weight excluding hydrogens is 492 g/mol. The molecule has 0 amide bonds. The van der Waals surface area contributed by atoms with Gasteiger partial charge in [-0.1, -0.05) is 6.92 Å². The van der Waals surface area contributed by atoms with Crippen LogP contribution >= 0.6 is 0 Å². The maximum absolute atomic E-state index is 11.9. The van der Waals surface area contributed by atoms with Gasteiger partial charge >= 0.3 is 11.3 Å². The SMILES string of the molecule is CCc1nnc(N/N=C/c2c(O)ccc3c(C)cc(=O)oc23)n1/N=C/c1c(O)ccc2c(C)cc(=O)oc12. The van der Waals surface area contributed by atoms with Crippen LogP contribution in [0, 0.1) is 13.8 Å². The fourth-order valence-corrected chi connectivity index (χ4v) is 4.03. The summed E-state index contributed by atoms with van der Waals surface area (Å²) in [5.74, 6) is 0.348. The van der Waals surface area contributed by atoms with Crippen LogP contribution in [0.1, 0.15) is 35.0 Å². The Morgan fingerprint density at radius 2 is 1.45 bits per heavy atom. The molecule has 0 aliphatic rings. The lowest BCUT2D eigenvalue weighted by Crippen LogP contribution is -2.04. The highest BCUT2D eigenvalue weighted by molar-refractivity contribution is 6.01. The Bertz CT molecular complexity index is 1880. The molecule has 0 saturated carbocycles. The fourth-order valence-electron chi connectivity index (χ4n) is 4.03. The van der Waals surface area contributed by atoms with Gasteiger partial charge in [0.1, 0.15) is 11.5 Å². The summed E-state index contributed by atoms with van der Waals surface area (Å²) in [4.78, 5) is 23.8. The monoisotopic (exact) mass is 514 g/mol. The highest BCUT2D eigenvalue weighted by Gasteiger charge is 2.14. The molecule has 0 radical (unpaired) electrons. The number of hydrogen-bond acceptors (Lipinski definition) is 11. The largest absolute Gasteiger partial charge is 0.507 e. The van der Waals surface area contributed by atoms with E-state index in [-0.39, 0.29) is 39.7 Å². The lowest BCUT2D eigenvalue weighted by atomic mass is 10.1. The van der Waals surface area contributed by atoms with Gasteiger partial charge in [-0.15, -0.1) is 10.2 Å². The van der Waals surface area contributed by atoms with Crippen LogP contribution < -0.4 is 16.7 Å². The third kappa shape index (κ3) is 4.39. The van der Waals surface area contributed by atoms with Crippen molar-refractivity contribution in [3.8, 4) is 11.5 Å².